The Bertz CT molecular complexity index is 453. The van der Waals surface area contributed by atoms with Crippen molar-refractivity contribution in [2.75, 3.05) is 13.1 Å². The van der Waals surface area contributed by atoms with Gasteiger partial charge < -0.3 is 10.8 Å². The highest BCUT2D eigenvalue weighted by Gasteiger charge is 2.29. The van der Waals surface area contributed by atoms with Crippen LogP contribution in [0.3, 0.4) is 0 Å². The second-order valence-electron chi connectivity index (χ2n) is 5.13. The maximum atomic E-state index is 10.9. The van der Waals surface area contributed by atoms with E-state index in [2.05, 4.69) is 4.90 Å². The molecular formula is C14H19ClN2O2. The Morgan fingerprint density at radius 2 is 2.37 bits per heavy atom. The van der Waals surface area contributed by atoms with Gasteiger partial charge >= 0.3 is 5.97 Å². The van der Waals surface area contributed by atoms with Crippen molar-refractivity contribution in [2.24, 2.45) is 11.7 Å². The summed E-state index contributed by atoms with van der Waals surface area (Å²) in [6.07, 6.45) is 1.88. The fourth-order valence-corrected chi connectivity index (χ4v) is 2.84. The summed E-state index contributed by atoms with van der Waals surface area (Å²) in [4.78, 5) is 13.2. The van der Waals surface area contributed by atoms with E-state index in [0.29, 0.717) is 0 Å². The molecule has 2 rings (SSSR count). The van der Waals surface area contributed by atoms with Gasteiger partial charge in [-0.1, -0.05) is 23.7 Å². The number of halogens is 1. The van der Waals surface area contributed by atoms with Gasteiger partial charge in [-0.25, -0.2) is 0 Å². The first-order valence-corrected chi connectivity index (χ1v) is 6.89. The molecule has 0 saturated carbocycles. The summed E-state index contributed by atoms with van der Waals surface area (Å²) in [6.45, 7) is 2.51. The highest BCUT2D eigenvalue weighted by atomic mass is 35.5. The lowest BCUT2D eigenvalue weighted by molar-refractivity contribution is -0.140. The van der Waals surface area contributed by atoms with E-state index in [-0.39, 0.29) is 5.92 Å². The Balaban J connectivity index is 1.96. The largest absolute Gasteiger partial charge is 0.480 e. The van der Waals surface area contributed by atoms with E-state index in [4.69, 9.17) is 22.4 Å². The molecule has 1 fully saturated rings. The molecule has 2 atom stereocenters. The number of likely N-dealkylation sites (tertiary alicyclic amines) is 1. The van der Waals surface area contributed by atoms with E-state index in [1.165, 1.54) is 0 Å². The molecule has 0 amide bonds. The molecule has 1 aliphatic rings. The van der Waals surface area contributed by atoms with Gasteiger partial charge in [0.25, 0.3) is 0 Å². The monoisotopic (exact) mass is 282 g/mol. The van der Waals surface area contributed by atoms with Gasteiger partial charge in [0, 0.05) is 18.1 Å². The predicted molar refractivity (Wildman–Crippen MR) is 75.1 cm³/mol. The Kier molecular flexibility index (Phi) is 4.80. The average molecular weight is 283 g/mol. The number of aliphatic carboxylic acids is 1. The van der Waals surface area contributed by atoms with Crippen molar-refractivity contribution in [3.8, 4) is 0 Å². The number of benzene rings is 1. The molecule has 0 radical (unpaired) electrons. The van der Waals surface area contributed by atoms with Crippen LogP contribution in [-0.4, -0.2) is 35.1 Å². The maximum absolute atomic E-state index is 10.9. The van der Waals surface area contributed by atoms with Gasteiger partial charge in [-0.3, -0.25) is 9.69 Å². The van der Waals surface area contributed by atoms with Crippen molar-refractivity contribution in [1.82, 2.24) is 4.90 Å². The molecule has 5 heteroatoms. The van der Waals surface area contributed by atoms with Gasteiger partial charge in [0.2, 0.25) is 0 Å². The van der Waals surface area contributed by atoms with Gasteiger partial charge in [0.05, 0.1) is 0 Å². The molecule has 0 aromatic heterocycles. The minimum absolute atomic E-state index is 0.0328. The predicted octanol–water partition coefficient (Wildman–Crippen LogP) is 1.96. The van der Waals surface area contributed by atoms with Crippen LogP contribution < -0.4 is 5.73 Å². The zero-order valence-corrected chi connectivity index (χ0v) is 11.5. The lowest BCUT2D eigenvalue weighted by Crippen LogP contribution is -2.46. The molecule has 3 N–H and O–H groups in total. The summed E-state index contributed by atoms with van der Waals surface area (Å²) in [6, 6.07) is 7.00. The second-order valence-corrected chi connectivity index (χ2v) is 5.57. The zero-order chi connectivity index (χ0) is 13.8. The van der Waals surface area contributed by atoms with Crippen molar-refractivity contribution < 1.29 is 9.90 Å². The Morgan fingerprint density at radius 3 is 3.05 bits per heavy atom. The highest BCUT2D eigenvalue weighted by molar-refractivity contribution is 6.30. The molecule has 1 aromatic rings. The molecule has 1 aliphatic heterocycles. The summed E-state index contributed by atoms with van der Waals surface area (Å²) < 4.78 is 0. The van der Waals surface area contributed by atoms with Crippen LogP contribution in [0.5, 0.6) is 0 Å². The zero-order valence-electron chi connectivity index (χ0n) is 10.8. The Labute approximate surface area is 118 Å². The first-order chi connectivity index (χ1) is 9.06. The number of hydrogen-bond donors (Lipinski definition) is 2. The standard InChI is InChI=1S/C14H19ClN2O2/c15-12-5-1-3-10(7-12)8-17-6-2-4-11(9-17)13(16)14(18)19/h1,3,5,7,11,13H,2,4,6,8-9,16H2,(H,18,19). The first-order valence-electron chi connectivity index (χ1n) is 6.51. The molecule has 2 unspecified atom stereocenters. The first kappa shape index (κ1) is 14.3. The SMILES string of the molecule is NC(C(=O)O)C1CCCN(Cc2cccc(Cl)c2)C1. The van der Waals surface area contributed by atoms with Crippen molar-refractivity contribution in [1.29, 1.82) is 0 Å². The minimum Gasteiger partial charge on any atom is -0.480 e. The number of nitrogens with two attached hydrogens (primary N) is 1. The molecule has 4 nitrogen and oxygen atoms in total. The lowest BCUT2D eigenvalue weighted by Gasteiger charge is -2.34. The molecule has 1 aromatic carbocycles. The van der Waals surface area contributed by atoms with E-state index < -0.39 is 12.0 Å². The second kappa shape index (κ2) is 6.37. The topological polar surface area (TPSA) is 66.6 Å². The smallest absolute Gasteiger partial charge is 0.320 e. The third-order valence-electron chi connectivity index (χ3n) is 3.63. The van der Waals surface area contributed by atoms with Crippen LogP contribution in [0, 0.1) is 5.92 Å². The fourth-order valence-electron chi connectivity index (χ4n) is 2.62. The molecule has 104 valence electrons. The van der Waals surface area contributed by atoms with E-state index in [9.17, 15) is 4.79 Å². The summed E-state index contributed by atoms with van der Waals surface area (Å²) >= 11 is 5.97. The molecule has 0 aliphatic carbocycles. The molecule has 1 saturated heterocycles. The van der Waals surface area contributed by atoms with Crippen LogP contribution in [0.25, 0.3) is 0 Å². The van der Waals surface area contributed by atoms with Crippen molar-refractivity contribution in [3.05, 3.63) is 34.9 Å². The third-order valence-corrected chi connectivity index (χ3v) is 3.87. The lowest BCUT2D eigenvalue weighted by atomic mass is 9.91. The van der Waals surface area contributed by atoms with Crippen molar-refractivity contribution >= 4 is 17.6 Å². The number of carboxylic acid groups (broad SMARTS) is 1. The fraction of sp³-hybridized carbons (Fsp3) is 0.500. The molecular weight excluding hydrogens is 264 g/mol. The number of nitrogens with zero attached hydrogens (tertiary/aromatic N) is 1. The summed E-state index contributed by atoms with van der Waals surface area (Å²) in [5.74, 6) is -0.875. The van der Waals surface area contributed by atoms with Crippen molar-refractivity contribution in [2.45, 2.75) is 25.4 Å². The molecule has 19 heavy (non-hydrogen) atoms. The van der Waals surface area contributed by atoms with Gasteiger partial charge in [-0.2, -0.15) is 0 Å². The number of carbonyl (C=O) groups is 1. The van der Waals surface area contributed by atoms with Crippen LogP contribution in [-0.2, 0) is 11.3 Å². The highest BCUT2D eigenvalue weighted by Crippen LogP contribution is 2.21. The van der Waals surface area contributed by atoms with Gasteiger partial charge in [-0.05, 0) is 43.0 Å². The number of carboxylic acids is 1. The van der Waals surface area contributed by atoms with Crippen LogP contribution in [0.4, 0.5) is 0 Å². The Hall–Kier alpha value is -1.10. The van der Waals surface area contributed by atoms with E-state index >= 15 is 0 Å². The Morgan fingerprint density at radius 1 is 1.58 bits per heavy atom. The van der Waals surface area contributed by atoms with Crippen molar-refractivity contribution in [3.63, 3.8) is 0 Å². The maximum Gasteiger partial charge on any atom is 0.320 e. The normalized spacial score (nSPS) is 22.1. The van der Waals surface area contributed by atoms with Gasteiger partial charge in [-0.15, -0.1) is 0 Å². The van der Waals surface area contributed by atoms with Gasteiger partial charge in [0.1, 0.15) is 6.04 Å². The number of hydrogen-bond acceptors (Lipinski definition) is 3. The number of rotatable bonds is 4. The number of piperidine rings is 1. The van der Waals surface area contributed by atoms with Crippen LogP contribution in [0.15, 0.2) is 24.3 Å². The summed E-state index contributed by atoms with van der Waals surface area (Å²) in [7, 11) is 0. The minimum atomic E-state index is -0.908. The van der Waals surface area contributed by atoms with Crippen LogP contribution >= 0.6 is 11.6 Å². The van der Waals surface area contributed by atoms with Crippen LogP contribution in [0.1, 0.15) is 18.4 Å². The average Bonchev–Trinajstić information content (AvgIpc) is 2.38. The van der Waals surface area contributed by atoms with Crippen LogP contribution in [0.2, 0.25) is 5.02 Å². The molecule has 1 heterocycles. The third kappa shape index (κ3) is 3.93. The molecule has 0 spiro atoms. The summed E-state index contributed by atoms with van der Waals surface area (Å²) in [5.41, 5.74) is 6.87. The summed E-state index contributed by atoms with van der Waals surface area (Å²) in [5, 5.41) is 9.72. The molecule has 0 bridgehead atoms. The van der Waals surface area contributed by atoms with E-state index in [1.807, 2.05) is 24.3 Å². The quantitative estimate of drug-likeness (QED) is 0.886. The van der Waals surface area contributed by atoms with E-state index in [1.54, 1.807) is 0 Å². The van der Waals surface area contributed by atoms with Gasteiger partial charge in [0.15, 0.2) is 0 Å². The van der Waals surface area contributed by atoms with E-state index in [0.717, 1.165) is 43.1 Å².